The molecule has 0 spiro atoms. The number of carbonyl (C=O) groups is 1. The highest BCUT2D eigenvalue weighted by Gasteiger charge is 2.33. The maximum absolute atomic E-state index is 11.5. The van der Waals surface area contributed by atoms with Gasteiger partial charge in [0.25, 0.3) is 0 Å². The summed E-state index contributed by atoms with van der Waals surface area (Å²) in [7, 11) is 0. The van der Waals surface area contributed by atoms with E-state index in [-0.39, 0.29) is 6.04 Å². The van der Waals surface area contributed by atoms with Crippen LogP contribution in [0.2, 0.25) is 0 Å². The SMILES string of the molecule is O=C(O)C1Cc2cn[nH]c2CN1CC1CCCCC1. The lowest BCUT2D eigenvalue weighted by molar-refractivity contribution is -0.144. The van der Waals surface area contributed by atoms with Crippen molar-refractivity contribution in [3.63, 3.8) is 0 Å². The minimum Gasteiger partial charge on any atom is -0.480 e. The van der Waals surface area contributed by atoms with Crippen molar-refractivity contribution < 1.29 is 9.90 Å². The predicted molar refractivity (Wildman–Crippen MR) is 70.7 cm³/mol. The Labute approximate surface area is 113 Å². The number of fused-ring (bicyclic) bond motifs is 1. The molecule has 3 rings (SSSR count). The van der Waals surface area contributed by atoms with Gasteiger partial charge >= 0.3 is 5.97 Å². The van der Waals surface area contributed by atoms with Crippen molar-refractivity contribution in [2.24, 2.45) is 5.92 Å². The van der Waals surface area contributed by atoms with Crippen molar-refractivity contribution in [3.05, 3.63) is 17.5 Å². The van der Waals surface area contributed by atoms with E-state index in [9.17, 15) is 9.90 Å². The van der Waals surface area contributed by atoms with Gasteiger partial charge in [0.1, 0.15) is 6.04 Å². The topological polar surface area (TPSA) is 69.2 Å². The fourth-order valence-corrected chi connectivity index (χ4v) is 3.44. The lowest BCUT2D eigenvalue weighted by Gasteiger charge is -2.36. The van der Waals surface area contributed by atoms with E-state index in [1.807, 2.05) is 0 Å². The Balaban J connectivity index is 1.72. The molecular formula is C14H21N3O2. The van der Waals surface area contributed by atoms with E-state index in [4.69, 9.17) is 0 Å². The summed E-state index contributed by atoms with van der Waals surface area (Å²) in [5.74, 6) is -0.0391. The Kier molecular flexibility index (Phi) is 3.55. The summed E-state index contributed by atoms with van der Waals surface area (Å²) in [5, 5.41) is 16.5. The van der Waals surface area contributed by atoms with Crippen LogP contribution in [0.15, 0.2) is 6.20 Å². The van der Waals surface area contributed by atoms with E-state index in [1.165, 1.54) is 32.1 Å². The van der Waals surface area contributed by atoms with Crippen LogP contribution in [-0.2, 0) is 17.8 Å². The molecule has 5 heteroatoms. The van der Waals surface area contributed by atoms with Crippen LogP contribution in [0.3, 0.4) is 0 Å². The smallest absolute Gasteiger partial charge is 0.321 e. The molecule has 1 saturated carbocycles. The number of aliphatic carboxylic acids is 1. The van der Waals surface area contributed by atoms with E-state index < -0.39 is 5.97 Å². The van der Waals surface area contributed by atoms with Crippen LogP contribution in [0.25, 0.3) is 0 Å². The van der Waals surface area contributed by atoms with Gasteiger partial charge in [0.2, 0.25) is 0 Å². The van der Waals surface area contributed by atoms with Crippen LogP contribution < -0.4 is 0 Å². The monoisotopic (exact) mass is 263 g/mol. The average molecular weight is 263 g/mol. The molecule has 1 aromatic rings. The van der Waals surface area contributed by atoms with Crippen molar-refractivity contribution in [2.75, 3.05) is 6.54 Å². The van der Waals surface area contributed by atoms with E-state index >= 15 is 0 Å². The third-order valence-corrected chi connectivity index (χ3v) is 4.53. The molecule has 5 nitrogen and oxygen atoms in total. The normalized spacial score (nSPS) is 25.2. The molecule has 19 heavy (non-hydrogen) atoms. The van der Waals surface area contributed by atoms with Crippen molar-refractivity contribution in [3.8, 4) is 0 Å². The summed E-state index contributed by atoms with van der Waals surface area (Å²) in [6.07, 6.45) is 8.77. The van der Waals surface area contributed by atoms with Crippen LogP contribution in [0, 0.1) is 5.92 Å². The highest BCUT2D eigenvalue weighted by atomic mass is 16.4. The molecule has 1 aromatic heterocycles. The van der Waals surface area contributed by atoms with Gasteiger partial charge in [0.15, 0.2) is 0 Å². The first-order valence-electron chi connectivity index (χ1n) is 7.22. The van der Waals surface area contributed by atoms with Gasteiger partial charge in [-0.3, -0.25) is 14.8 Å². The van der Waals surface area contributed by atoms with Crippen molar-refractivity contribution in [1.82, 2.24) is 15.1 Å². The average Bonchev–Trinajstić information content (AvgIpc) is 2.86. The number of carboxylic acids is 1. The first-order chi connectivity index (χ1) is 9.24. The molecule has 0 saturated heterocycles. The third-order valence-electron chi connectivity index (χ3n) is 4.53. The third kappa shape index (κ3) is 2.66. The summed E-state index contributed by atoms with van der Waals surface area (Å²) in [4.78, 5) is 13.6. The zero-order valence-electron chi connectivity index (χ0n) is 11.1. The van der Waals surface area contributed by atoms with Crippen molar-refractivity contribution >= 4 is 5.97 Å². The molecule has 1 aliphatic carbocycles. The zero-order chi connectivity index (χ0) is 13.2. The number of hydrogen-bond donors (Lipinski definition) is 2. The summed E-state index contributed by atoms with van der Waals surface area (Å²) in [6.45, 7) is 1.61. The molecule has 1 unspecified atom stereocenters. The molecule has 0 aromatic carbocycles. The van der Waals surface area contributed by atoms with E-state index in [0.717, 1.165) is 17.8 Å². The summed E-state index contributed by atoms with van der Waals surface area (Å²) < 4.78 is 0. The lowest BCUT2D eigenvalue weighted by atomic mass is 9.87. The number of carboxylic acid groups (broad SMARTS) is 1. The number of H-pyrrole nitrogens is 1. The molecule has 1 atom stereocenters. The Morgan fingerprint density at radius 1 is 1.42 bits per heavy atom. The van der Waals surface area contributed by atoms with Gasteiger partial charge in [-0.2, -0.15) is 5.10 Å². The number of nitrogens with zero attached hydrogens (tertiary/aromatic N) is 2. The van der Waals surface area contributed by atoms with Crippen LogP contribution >= 0.6 is 0 Å². The molecule has 104 valence electrons. The first-order valence-corrected chi connectivity index (χ1v) is 7.22. The van der Waals surface area contributed by atoms with E-state index in [1.54, 1.807) is 6.20 Å². The summed E-state index contributed by atoms with van der Waals surface area (Å²) in [5.41, 5.74) is 2.15. The Hall–Kier alpha value is -1.36. The first kappa shape index (κ1) is 12.7. The fourth-order valence-electron chi connectivity index (χ4n) is 3.44. The second-order valence-electron chi connectivity index (χ2n) is 5.87. The quantitative estimate of drug-likeness (QED) is 0.872. The Morgan fingerprint density at radius 3 is 2.95 bits per heavy atom. The number of aromatic nitrogens is 2. The lowest BCUT2D eigenvalue weighted by Crippen LogP contribution is -2.47. The van der Waals surface area contributed by atoms with Gasteiger partial charge in [0.05, 0.1) is 11.9 Å². The number of aromatic amines is 1. The van der Waals surface area contributed by atoms with Gasteiger partial charge in [0, 0.05) is 19.5 Å². The number of rotatable bonds is 3. The molecule has 1 aliphatic heterocycles. The van der Waals surface area contributed by atoms with Gasteiger partial charge < -0.3 is 5.11 Å². The highest BCUT2D eigenvalue weighted by molar-refractivity contribution is 5.74. The van der Waals surface area contributed by atoms with E-state index in [2.05, 4.69) is 15.1 Å². The maximum atomic E-state index is 11.5. The highest BCUT2D eigenvalue weighted by Crippen LogP contribution is 2.28. The molecule has 2 N–H and O–H groups in total. The Bertz CT molecular complexity index is 451. The number of nitrogens with one attached hydrogen (secondary N) is 1. The minimum absolute atomic E-state index is 0.382. The maximum Gasteiger partial charge on any atom is 0.321 e. The molecule has 0 bridgehead atoms. The second-order valence-corrected chi connectivity index (χ2v) is 5.87. The van der Waals surface area contributed by atoms with Crippen molar-refractivity contribution in [1.29, 1.82) is 0 Å². The van der Waals surface area contributed by atoms with Gasteiger partial charge in [-0.15, -0.1) is 0 Å². The Morgan fingerprint density at radius 2 is 2.21 bits per heavy atom. The fraction of sp³-hybridized carbons (Fsp3) is 0.714. The van der Waals surface area contributed by atoms with Crippen LogP contribution in [-0.4, -0.2) is 38.8 Å². The van der Waals surface area contributed by atoms with Gasteiger partial charge in [-0.25, -0.2) is 0 Å². The largest absolute Gasteiger partial charge is 0.480 e. The van der Waals surface area contributed by atoms with Crippen LogP contribution in [0.1, 0.15) is 43.4 Å². The molecular weight excluding hydrogens is 242 g/mol. The van der Waals surface area contributed by atoms with Gasteiger partial charge in [-0.05, 0) is 24.3 Å². The zero-order valence-corrected chi connectivity index (χ0v) is 11.1. The van der Waals surface area contributed by atoms with E-state index in [0.29, 0.717) is 18.9 Å². The number of hydrogen-bond acceptors (Lipinski definition) is 3. The molecule has 1 fully saturated rings. The molecule has 2 aliphatic rings. The second kappa shape index (κ2) is 5.33. The van der Waals surface area contributed by atoms with Crippen molar-refractivity contribution in [2.45, 2.75) is 51.1 Å². The standard InChI is InChI=1S/C14H21N3O2/c18-14(19)13-6-11-7-15-16-12(11)9-17(13)8-10-4-2-1-3-5-10/h7,10,13H,1-6,8-9H2,(H,15,16)(H,18,19). The van der Waals surface area contributed by atoms with Crippen LogP contribution in [0.5, 0.6) is 0 Å². The summed E-state index contributed by atoms with van der Waals surface area (Å²) in [6, 6.07) is -0.382. The van der Waals surface area contributed by atoms with Gasteiger partial charge in [-0.1, -0.05) is 19.3 Å². The predicted octanol–water partition coefficient (Wildman–Crippen LogP) is 1.80. The minimum atomic E-state index is -0.706. The molecule has 0 amide bonds. The molecule has 0 radical (unpaired) electrons. The molecule has 2 heterocycles. The summed E-state index contributed by atoms with van der Waals surface area (Å²) >= 11 is 0. The van der Waals surface area contributed by atoms with Crippen LogP contribution in [0.4, 0.5) is 0 Å².